The number of benzene rings is 2. The Morgan fingerprint density at radius 2 is 1.62 bits per heavy atom. The molecule has 204 valence electrons. The molecule has 0 bridgehead atoms. The van der Waals surface area contributed by atoms with Crippen molar-refractivity contribution in [3.8, 4) is 5.75 Å². The van der Waals surface area contributed by atoms with Gasteiger partial charge in [0.1, 0.15) is 17.9 Å². The second-order valence-corrected chi connectivity index (χ2v) is 9.35. The fourth-order valence-electron chi connectivity index (χ4n) is 3.22. The van der Waals surface area contributed by atoms with E-state index in [4.69, 9.17) is 14.6 Å². The fourth-order valence-corrected chi connectivity index (χ4v) is 3.22. The number of methoxy groups -OCH3 is 1. The predicted molar refractivity (Wildman–Crippen MR) is 143 cm³/mol. The summed E-state index contributed by atoms with van der Waals surface area (Å²) in [6.45, 7) is 8.33. The number of carbonyl (C=O) groups excluding carboxylic acids is 3. The SMILES string of the molecule is CC(C)(C)OC(=O)NCC(=O)N1CCCC1.COCc1ccccc1.O=CNCCc1ccc(O)cc1. The molecule has 0 unspecified atom stereocenters. The molecule has 0 aromatic heterocycles. The van der Waals surface area contributed by atoms with Crippen LogP contribution in [0.4, 0.5) is 4.79 Å². The molecular weight excluding hydrogens is 474 g/mol. The maximum absolute atomic E-state index is 11.6. The normalized spacial score (nSPS) is 12.3. The zero-order valence-electron chi connectivity index (χ0n) is 22.4. The molecule has 2 aromatic carbocycles. The van der Waals surface area contributed by atoms with Crippen molar-refractivity contribution in [3.05, 3.63) is 65.7 Å². The van der Waals surface area contributed by atoms with Crippen molar-refractivity contribution >= 4 is 18.4 Å². The average molecular weight is 516 g/mol. The Bertz CT molecular complexity index is 908. The number of phenols is 1. The van der Waals surface area contributed by atoms with Gasteiger partial charge in [0.25, 0.3) is 0 Å². The van der Waals surface area contributed by atoms with Gasteiger partial charge < -0.3 is 30.1 Å². The number of amides is 3. The first-order valence-corrected chi connectivity index (χ1v) is 12.4. The summed E-state index contributed by atoms with van der Waals surface area (Å²) in [5, 5.41) is 14.0. The molecule has 1 saturated heterocycles. The van der Waals surface area contributed by atoms with Crippen LogP contribution in [0.1, 0.15) is 44.7 Å². The van der Waals surface area contributed by atoms with Crippen LogP contribution in [-0.4, -0.2) is 67.3 Å². The summed E-state index contributed by atoms with van der Waals surface area (Å²) in [5.41, 5.74) is 1.79. The molecule has 0 radical (unpaired) electrons. The van der Waals surface area contributed by atoms with Gasteiger partial charge in [0.15, 0.2) is 0 Å². The van der Waals surface area contributed by atoms with Crippen molar-refractivity contribution in [2.24, 2.45) is 0 Å². The molecule has 9 nitrogen and oxygen atoms in total. The molecule has 37 heavy (non-hydrogen) atoms. The van der Waals surface area contributed by atoms with Gasteiger partial charge in [0, 0.05) is 26.7 Å². The highest BCUT2D eigenvalue weighted by Crippen LogP contribution is 2.10. The molecule has 0 saturated carbocycles. The third kappa shape index (κ3) is 15.9. The van der Waals surface area contributed by atoms with Crippen LogP contribution in [0.25, 0.3) is 0 Å². The second-order valence-electron chi connectivity index (χ2n) is 9.35. The molecule has 0 spiro atoms. The molecular formula is C28H41N3O6. The topological polar surface area (TPSA) is 117 Å². The number of aromatic hydroxyl groups is 1. The first-order valence-electron chi connectivity index (χ1n) is 12.4. The van der Waals surface area contributed by atoms with Gasteiger partial charge in [-0.05, 0) is 63.3 Å². The lowest BCUT2D eigenvalue weighted by atomic mass is 10.1. The summed E-state index contributed by atoms with van der Waals surface area (Å²) >= 11 is 0. The Morgan fingerprint density at radius 3 is 2.16 bits per heavy atom. The minimum Gasteiger partial charge on any atom is -0.508 e. The van der Waals surface area contributed by atoms with Gasteiger partial charge >= 0.3 is 6.09 Å². The zero-order chi connectivity index (χ0) is 27.5. The monoisotopic (exact) mass is 515 g/mol. The Balaban J connectivity index is 0.000000289. The van der Waals surface area contributed by atoms with E-state index in [2.05, 4.69) is 10.6 Å². The Kier molecular flexibility index (Phi) is 15.1. The fraction of sp³-hybridized carbons (Fsp3) is 0.464. The maximum Gasteiger partial charge on any atom is 0.408 e. The number of ether oxygens (including phenoxy) is 2. The molecule has 9 heteroatoms. The first-order chi connectivity index (χ1) is 17.6. The molecule has 0 aliphatic carbocycles. The van der Waals surface area contributed by atoms with Crippen molar-refractivity contribution in [2.45, 2.75) is 52.2 Å². The minimum atomic E-state index is -0.542. The number of hydrogen-bond acceptors (Lipinski definition) is 6. The van der Waals surface area contributed by atoms with E-state index in [0.29, 0.717) is 19.6 Å². The quantitative estimate of drug-likeness (QED) is 0.365. The number of hydrogen-bond donors (Lipinski definition) is 3. The summed E-state index contributed by atoms with van der Waals surface area (Å²) in [6.07, 6.45) is 3.04. The summed E-state index contributed by atoms with van der Waals surface area (Å²) in [5.74, 6) is 0.227. The summed E-state index contributed by atoms with van der Waals surface area (Å²) in [7, 11) is 1.70. The van der Waals surface area contributed by atoms with Crippen LogP contribution in [0, 0.1) is 0 Å². The number of alkyl carbamates (subject to hydrolysis) is 1. The van der Waals surface area contributed by atoms with Gasteiger partial charge in [0.05, 0.1) is 6.61 Å². The highest BCUT2D eigenvalue weighted by molar-refractivity contribution is 5.82. The van der Waals surface area contributed by atoms with E-state index in [0.717, 1.165) is 37.9 Å². The molecule has 3 N–H and O–H groups in total. The van der Waals surface area contributed by atoms with Crippen molar-refractivity contribution in [2.75, 3.05) is 33.3 Å². The molecule has 0 atom stereocenters. The number of likely N-dealkylation sites (tertiary alicyclic amines) is 1. The van der Waals surface area contributed by atoms with Crippen molar-refractivity contribution in [1.29, 1.82) is 0 Å². The van der Waals surface area contributed by atoms with Gasteiger partial charge in [0.2, 0.25) is 12.3 Å². The van der Waals surface area contributed by atoms with Gasteiger partial charge in [-0.1, -0.05) is 42.5 Å². The first kappa shape index (κ1) is 31.4. The van der Waals surface area contributed by atoms with E-state index >= 15 is 0 Å². The third-order valence-electron chi connectivity index (χ3n) is 4.97. The zero-order valence-corrected chi connectivity index (χ0v) is 22.4. The lowest BCUT2D eigenvalue weighted by Gasteiger charge is -2.20. The van der Waals surface area contributed by atoms with E-state index in [1.54, 1.807) is 44.9 Å². The van der Waals surface area contributed by atoms with Crippen molar-refractivity contribution < 1.29 is 29.0 Å². The molecule has 1 aliphatic heterocycles. The number of nitrogens with zero attached hydrogens (tertiary/aromatic N) is 1. The van der Waals surface area contributed by atoms with E-state index in [1.165, 1.54) is 5.56 Å². The average Bonchev–Trinajstić information content (AvgIpc) is 3.40. The van der Waals surface area contributed by atoms with Crippen molar-refractivity contribution in [3.63, 3.8) is 0 Å². The minimum absolute atomic E-state index is 0.0227. The van der Waals surface area contributed by atoms with E-state index in [-0.39, 0.29) is 18.2 Å². The van der Waals surface area contributed by atoms with Crippen LogP contribution in [-0.2, 0) is 32.1 Å². The maximum atomic E-state index is 11.6. The van der Waals surface area contributed by atoms with Gasteiger partial charge in [-0.15, -0.1) is 0 Å². The van der Waals surface area contributed by atoms with Crippen LogP contribution < -0.4 is 10.6 Å². The Morgan fingerprint density at radius 1 is 1.00 bits per heavy atom. The molecule has 3 rings (SSSR count). The number of carbonyl (C=O) groups is 3. The standard InChI is InChI=1S/C11H20N2O3.C9H11NO2.C8H10O/c1-11(2,3)16-10(15)12-8-9(14)13-6-4-5-7-13;11-7-10-6-5-8-1-3-9(12)4-2-8;1-9-7-8-5-3-2-4-6-8/h4-8H2,1-3H3,(H,12,15);1-4,7,12H,5-6H2,(H,10,11);2-6H,7H2,1H3. The van der Waals surface area contributed by atoms with Crippen LogP contribution >= 0.6 is 0 Å². The van der Waals surface area contributed by atoms with Crippen LogP contribution in [0.2, 0.25) is 0 Å². The summed E-state index contributed by atoms with van der Waals surface area (Å²) in [6, 6.07) is 17.0. The van der Waals surface area contributed by atoms with Crippen molar-refractivity contribution in [1.82, 2.24) is 15.5 Å². The Labute approximate surface area is 220 Å². The van der Waals surface area contributed by atoms with E-state index in [9.17, 15) is 14.4 Å². The van der Waals surface area contributed by atoms with Gasteiger partial charge in [-0.25, -0.2) is 4.79 Å². The summed E-state index contributed by atoms with van der Waals surface area (Å²) in [4.78, 5) is 34.5. The molecule has 2 aromatic rings. The molecule has 1 fully saturated rings. The largest absolute Gasteiger partial charge is 0.508 e. The van der Waals surface area contributed by atoms with E-state index in [1.807, 2.05) is 42.5 Å². The number of rotatable bonds is 8. The van der Waals surface area contributed by atoms with Crippen LogP contribution in [0.3, 0.4) is 0 Å². The highest BCUT2D eigenvalue weighted by atomic mass is 16.6. The Hall–Kier alpha value is -3.59. The highest BCUT2D eigenvalue weighted by Gasteiger charge is 2.20. The van der Waals surface area contributed by atoms with Crippen LogP contribution in [0.5, 0.6) is 5.75 Å². The van der Waals surface area contributed by atoms with Gasteiger partial charge in [-0.2, -0.15) is 0 Å². The molecule has 3 amide bonds. The predicted octanol–water partition coefficient (Wildman–Crippen LogP) is 3.65. The summed E-state index contributed by atoms with van der Waals surface area (Å²) < 4.78 is 9.96. The van der Waals surface area contributed by atoms with Crippen LogP contribution in [0.15, 0.2) is 54.6 Å². The number of nitrogens with one attached hydrogen (secondary N) is 2. The number of phenolic OH excluding ortho intramolecular Hbond substituents is 1. The smallest absolute Gasteiger partial charge is 0.408 e. The second kappa shape index (κ2) is 17.8. The third-order valence-corrected chi connectivity index (χ3v) is 4.97. The molecule has 1 aliphatic rings. The van der Waals surface area contributed by atoms with Gasteiger partial charge in [-0.3, -0.25) is 9.59 Å². The lowest BCUT2D eigenvalue weighted by Crippen LogP contribution is -2.40. The van der Waals surface area contributed by atoms with E-state index < -0.39 is 11.7 Å². The lowest BCUT2D eigenvalue weighted by molar-refractivity contribution is -0.129. The molecule has 1 heterocycles.